The summed E-state index contributed by atoms with van der Waals surface area (Å²) in [5.41, 5.74) is 5.69. The maximum atomic E-state index is 13.5. The second kappa shape index (κ2) is 11.1. The van der Waals surface area contributed by atoms with Crippen molar-refractivity contribution in [2.24, 2.45) is 0 Å². The molecule has 0 radical (unpaired) electrons. The van der Waals surface area contributed by atoms with Crippen LogP contribution in [0, 0.1) is 12.7 Å². The highest BCUT2D eigenvalue weighted by molar-refractivity contribution is 7.09. The number of aromatic nitrogens is 3. The standard InChI is InChI=1S/C25H21ClFN5O2S/c1-15-22(35-14-30-15)9-10-28-24-19(17-4-2-3-16(11-17)5-8-23(33)34)13-29-25(32-24)31-18-6-7-21(27)20(26)12-18/h2-8,11-14H,9-10H2,1H3,(H,33,34)(H2,28,29,31,32). The Morgan fingerprint density at radius 3 is 2.83 bits per heavy atom. The molecule has 0 fully saturated rings. The fourth-order valence-electron chi connectivity index (χ4n) is 3.33. The van der Waals surface area contributed by atoms with Crippen LogP contribution < -0.4 is 10.6 Å². The van der Waals surface area contributed by atoms with Crippen molar-refractivity contribution in [3.05, 3.63) is 87.2 Å². The summed E-state index contributed by atoms with van der Waals surface area (Å²) < 4.78 is 13.5. The molecular formula is C25H21ClFN5O2S. The molecule has 0 bridgehead atoms. The van der Waals surface area contributed by atoms with Crippen LogP contribution in [0.1, 0.15) is 16.1 Å². The molecule has 2 aromatic heterocycles. The van der Waals surface area contributed by atoms with Crippen molar-refractivity contribution in [3.8, 4) is 11.1 Å². The van der Waals surface area contributed by atoms with Crippen LogP contribution in [0.15, 0.2) is 60.2 Å². The van der Waals surface area contributed by atoms with Gasteiger partial charge in [-0.15, -0.1) is 11.3 Å². The van der Waals surface area contributed by atoms with E-state index in [0.29, 0.717) is 24.0 Å². The quantitative estimate of drug-likeness (QED) is 0.231. The first kappa shape index (κ1) is 24.3. The zero-order valence-corrected chi connectivity index (χ0v) is 20.2. The second-order valence-corrected chi connectivity index (χ2v) is 8.89. The lowest BCUT2D eigenvalue weighted by molar-refractivity contribution is -0.131. The van der Waals surface area contributed by atoms with E-state index in [9.17, 15) is 9.18 Å². The third-order valence-electron chi connectivity index (χ3n) is 5.07. The number of nitrogens with zero attached hydrogens (tertiary/aromatic N) is 3. The number of thiazole rings is 1. The SMILES string of the molecule is Cc1ncsc1CCNc1nc(Nc2ccc(F)c(Cl)c2)ncc1-c1cccc(C=CC(=O)O)c1. The van der Waals surface area contributed by atoms with Gasteiger partial charge in [0.05, 0.1) is 16.2 Å². The highest BCUT2D eigenvalue weighted by Gasteiger charge is 2.12. The van der Waals surface area contributed by atoms with Crippen LogP contribution in [0.4, 0.5) is 21.8 Å². The van der Waals surface area contributed by atoms with E-state index in [0.717, 1.165) is 34.9 Å². The maximum absolute atomic E-state index is 13.5. The van der Waals surface area contributed by atoms with Gasteiger partial charge in [-0.25, -0.2) is 19.2 Å². The molecule has 0 saturated heterocycles. The lowest BCUT2D eigenvalue weighted by Gasteiger charge is -2.14. The van der Waals surface area contributed by atoms with Gasteiger partial charge in [-0.2, -0.15) is 4.98 Å². The fourth-order valence-corrected chi connectivity index (χ4v) is 4.29. The van der Waals surface area contributed by atoms with Crippen LogP contribution in [-0.2, 0) is 11.2 Å². The number of aliphatic carboxylic acids is 1. The number of halogens is 2. The number of hydrogen-bond donors (Lipinski definition) is 3. The van der Waals surface area contributed by atoms with Crippen molar-refractivity contribution in [1.29, 1.82) is 0 Å². The molecule has 0 saturated carbocycles. The Labute approximate surface area is 210 Å². The first-order valence-corrected chi connectivity index (χ1v) is 11.9. The summed E-state index contributed by atoms with van der Waals surface area (Å²) in [6.45, 7) is 2.60. The first-order chi connectivity index (χ1) is 16.9. The zero-order chi connectivity index (χ0) is 24.8. The lowest BCUT2D eigenvalue weighted by atomic mass is 10.0. The van der Waals surface area contributed by atoms with E-state index in [1.165, 1.54) is 23.1 Å². The minimum atomic E-state index is -1.02. The minimum Gasteiger partial charge on any atom is -0.478 e. The molecule has 7 nitrogen and oxygen atoms in total. The predicted octanol–water partition coefficient (Wildman–Crippen LogP) is 6.20. The zero-order valence-electron chi connectivity index (χ0n) is 18.6. The maximum Gasteiger partial charge on any atom is 0.328 e. The van der Waals surface area contributed by atoms with Gasteiger partial charge in [0.2, 0.25) is 5.95 Å². The Morgan fingerprint density at radius 1 is 1.23 bits per heavy atom. The Bertz CT molecular complexity index is 1390. The number of carboxylic acid groups (broad SMARTS) is 1. The number of nitrogens with one attached hydrogen (secondary N) is 2. The Hall–Kier alpha value is -3.82. The summed E-state index contributed by atoms with van der Waals surface area (Å²) >= 11 is 7.50. The molecule has 0 aliphatic heterocycles. The Morgan fingerprint density at radius 2 is 2.09 bits per heavy atom. The monoisotopic (exact) mass is 509 g/mol. The van der Waals surface area contributed by atoms with Gasteiger partial charge in [-0.3, -0.25) is 0 Å². The first-order valence-electron chi connectivity index (χ1n) is 10.6. The summed E-state index contributed by atoms with van der Waals surface area (Å²) in [5.74, 6) is -0.617. The van der Waals surface area contributed by atoms with E-state index in [-0.39, 0.29) is 5.02 Å². The number of anilines is 3. The molecule has 2 aromatic carbocycles. The summed E-state index contributed by atoms with van der Waals surface area (Å²) in [4.78, 5) is 25.4. The summed E-state index contributed by atoms with van der Waals surface area (Å²) in [7, 11) is 0. The number of hydrogen-bond acceptors (Lipinski definition) is 7. The average molecular weight is 510 g/mol. The number of rotatable bonds is 9. The largest absolute Gasteiger partial charge is 0.478 e. The van der Waals surface area contributed by atoms with E-state index in [1.54, 1.807) is 23.6 Å². The van der Waals surface area contributed by atoms with Crippen LogP contribution in [-0.4, -0.2) is 32.6 Å². The third kappa shape index (κ3) is 6.40. The molecule has 4 aromatic rings. The molecule has 10 heteroatoms. The lowest BCUT2D eigenvalue weighted by Crippen LogP contribution is -2.09. The topological polar surface area (TPSA) is 100 Å². The van der Waals surface area contributed by atoms with E-state index in [2.05, 4.69) is 25.6 Å². The predicted molar refractivity (Wildman–Crippen MR) is 138 cm³/mol. The van der Waals surface area contributed by atoms with Crippen LogP contribution in [0.25, 0.3) is 17.2 Å². The molecule has 0 spiro atoms. The van der Waals surface area contributed by atoms with Gasteiger partial charge in [0.1, 0.15) is 11.6 Å². The molecule has 2 heterocycles. The van der Waals surface area contributed by atoms with Crippen molar-refractivity contribution in [2.45, 2.75) is 13.3 Å². The summed E-state index contributed by atoms with van der Waals surface area (Å²) in [6, 6.07) is 11.7. The molecule has 35 heavy (non-hydrogen) atoms. The molecule has 3 N–H and O–H groups in total. The molecule has 0 aliphatic carbocycles. The number of carboxylic acids is 1. The van der Waals surface area contributed by atoms with Crippen LogP contribution in [0.3, 0.4) is 0 Å². The summed E-state index contributed by atoms with van der Waals surface area (Å²) in [6.07, 6.45) is 5.08. The Balaban J connectivity index is 1.63. The smallest absolute Gasteiger partial charge is 0.328 e. The minimum absolute atomic E-state index is 0.00359. The van der Waals surface area contributed by atoms with Crippen molar-refractivity contribution in [1.82, 2.24) is 15.0 Å². The highest BCUT2D eigenvalue weighted by atomic mass is 35.5. The van der Waals surface area contributed by atoms with Gasteiger partial charge in [0.15, 0.2) is 0 Å². The van der Waals surface area contributed by atoms with E-state index in [4.69, 9.17) is 16.7 Å². The number of carbonyl (C=O) groups is 1. The van der Waals surface area contributed by atoms with Gasteiger partial charge in [0, 0.05) is 41.4 Å². The average Bonchev–Trinajstić information content (AvgIpc) is 3.25. The number of benzene rings is 2. The van der Waals surface area contributed by atoms with Gasteiger partial charge < -0.3 is 15.7 Å². The van der Waals surface area contributed by atoms with E-state index >= 15 is 0 Å². The van der Waals surface area contributed by atoms with E-state index < -0.39 is 11.8 Å². The van der Waals surface area contributed by atoms with Crippen LogP contribution in [0.2, 0.25) is 5.02 Å². The van der Waals surface area contributed by atoms with Crippen molar-refractivity contribution in [2.75, 3.05) is 17.2 Å². The number of aryl methyl sites for hydroxylation is 1. The van der Waals surface area contributed by atoms with Crippen LogP contribution in [0.5, 0.6) is 0 Å². The normalized spacial score (nSPS) is 11.1. The van der Waals surface area contributed by atoms with Gasteiger partial charge in [0.25, 0.3) is 0 Å². The fraction of sp³-hybridized carbons (Fsp3) is 0.120. The molecule has 4 rings (SSSR count). The molecule has 0 atom stereocenters. The van der Waals surface area contributed by atoms with Crippen LogP contribution >= 0.6 is 22.9 Å². The molecule has 0 aliphatic rings. The second-order valence-electron chi connectivity index (χ2n) is 7.54. The van der Waals surface area contributed by atoms with Crippen molar-refractivity contribution in [3.63, 3.8) is 0 Å². The third-order valence-corrected chi connectivity index (χ3v) is 6.35. The molecule has 178 valence electrons. The van der Waals surface area contributed by atoms with Crippen molar-refractivity contribution < 1.29 is 14.3 Å². The molecule has 0 unspecified atom stereocenters. The molecule has 0 amide bonds. The van der Waals surface area contributed by atoms with Gasteiger partial charge >= 0.3 is 5.97 Å². The Kier molecular flexibility index (Phi) is 7.69. The highest BCUT2D eigenvalue weighted by Crippen LogP contribution is 2.29. The summed E-state index contributed by atoms with van der Waals surface area (Å²) in [5, 5.41) is 15.4. The van der Waals surface area contributed by atoms with Crippen molar-refractivity contribution >= 4 is 52.4 Å². The molecular weight excluding hydrogens is 489 g/mol. The van der Waals surface area contributed by atoms with E-state index in [1.807, 2.05) is 36.7 Å². The van der Waals surface area contributed by atoms with Gasteiger partial charge in [-0.1, -0.05) is 29.8 Å². The van der Waals surface area contributed by atoms with Gasteiger partial charge in [-0.05, 0) is 48.4 Å².